The number of nitrogens with two attached hydrogens (primary N) is 1. The van der Waals surface area contributed by atoms with Crippen LogP contribution in [0.25, 0.3) is 0 Å². The van der Waals surface area contributed by atoms with E-state index >= 15 is 0 Å². The molecule has 0 aliphatic carbocycles. The lowest BCUT2D eigenvalue weighted by molar-refractivity contribution is -0.130. The van der Waals surface area contributed by atoms with E-state index in [1.807, 2.05) is 38.2 Å². The fourth-order valence-electron chi connectivity index (χ4n) is 1.49. The molecule has 0 saturated heterocycles. The molecule has 0 heterocycles. The molecule has 1 atom stereocenters. The monoisotopic (exact) mass is 334 g/mol. The number of rotatable bonds is 5. The van der Waals surface area contributed by atoms with Crippen LogP contribution < -0.4 is 5.73 Å². The van der Waals surface area contributed by atoms with Gasteiger partial charge in [-0.05, 0) is 31.0 Å². The van der Waals surface area contributed by atoms with Crippen LogP contribution >= 0.6 is 28.3 Å². The van der Waals surface area contributed by atoms with Gasteiger partial charge in [0, 0.05) is 30.5 Å². The van der Waals surface area contributed by atoms with E-state index in [9.17, 15) is 4.79 Å². The highest BCUT2D eigenvalue weighted by molar-refractivity contribution is 9.10. The van der Waals surface area contributed by atoms with E-state index in [0.29, 0.717) is 13.0 Å². The van der Waals surface area contributed by atoms with Crippen LogP contribution in [0.1, 0.15) is 25.3 Å². The van der Waals surface area contributed by atoms with Gasteiger partial charge < -0.3 is 10.6 Å². The second kappa shape index (κ2) is 8.51. The van der Waals surface area contributed by atoms with E-state index in [1.165, 1.54) is 0 Å². The van der Waals surface area contributed by atoms with Gasteiger partial charge in [-0.1, -0.05) is 28.1 Å². The first-order valence-corrected chi connectivity index (χ1v) is 6.52. The fraction of sp³-hybridized carbons (Fsp3) is 0.462. The van der Waals surface area contributed by atoms with E-state index in [0.717, 1.165) is 16.5 Å². The second-order valence-electron chi connectivity index (χ2n) is 4.39. The Kier molecular flexibility index (Phi) is 8.24. The summed E-state index contributed by atoms with van der Waals surface area (Å²) in [7, 11) is 1.82. The normalized spacial score (nSPS) is 11.6. The standard InChI is InChI=1S/C13H19BrN2O.ClH/c1-10(15)3-8-13(17)16(2)9-11-4-6-12(14)7-5-11;/h4-7,10H,3,8-9,15H2,1-2H3;1H. The number of carbonyl (C=O) groups is 1. The molecule has 102 valence electrons. The average Bonchev–Trinajstić information content (AvgIpc) is 2.28. The largest absolute Gasteiger partial charge is 0.341 e. The summed E-state index contributed by atoms with van der Waals surface area (Å²) in [5, 5.41) is 0. The zero-order valence-corrected chi connectivity index (χ0v) is 13.1. The van der Waals surface area contributed by atoms with Crippen LogP contribution in [0, 0.1) is 0 Å². The average molecular weight is 336 g/mol. The fourth-order valence-corrected chi connectivity index (χ4v) is 1.76. The van der Waals surface area contributed by atoms with Crippen molar-refractivity contribution in [2.24, 2.45) is 5.73 Å². The van der Waals surface area contributed by atoms with Crippen LogP contribution in [0.4, 0.5) is 0 Å². The molecule has 2 N–H and O–H groups in total. The predicted octanol–water partition coefficient (Wildman–Crippen LogP) is 2.96. The molecule has 0 saturated carbocycles. The second-order valence-corrected chi connectivity index (χ2v) is 5.31. The smallest absolute Gasteiger partial charge is 0.222 e. The third-order valence-corrected chi connectivity index (χ3v) is 3.10. The van der Waals surface area contributed by atoms with Crippen molar-refractivity contribution in [3.05, 3.63) is 34.3 Å². The van der Waals surface area contributed by atoms with Crippen molar-refractivity contribution < 1.29 is 4.79 Å². The van der Waals surface area contributed by atoms with Gasteiger partial charge in [-0.25, -0.2) is 0 Å². The highest BCUT2D eigenvalue weighted by Crippen LogP contribution is 2.12. The summed E-state index contributed by atoms with van der Waals surface area (Å²) in [5.41, 5.74) is 6.76. The quantitative estimate of drug-likeness (QED) is 0.899. The summed E-state index contributed by atoms with van der Waals surface area (Å²) in [6, 6.07) is 8.07. The van der Waals surface area contributed by atoms with Crippen LogP contribution in [-0.4, -0.2) is 23.9 Å². The first-order chi connectivity index (χ1) is 7.99. The number of amides is 1. The van der Waals surface area contributed by atoms with Gasteiger partial charge in [0.2, 0.25) is 5.91 Å². The highest BCUT2D eigenvalue weighted by atomic mass is 79.9. The maximum Gasteiger partial charge on any atom is 0.222 e. The lowest BCUT2D eigenvalue weighted by Crippen LogP contribution is -2.27. The topological polar surface area (TPSA) is 46.3 Å². The molecule has 0 radical (unpaired) electrons. The summed E-state index contributed by atoms with van der Waals surface area (Å²) in [6.45, 7) is 2.56. The lowest BCUT2D eigenvalue weighted by Gasteiger charge is -2.18. The highest BCUT2D eigenvalue weighted by Gasteiger charge is 2.09. The summed E-state index contributed by atoms with van der Waals surface area (Å²) < 4.78 is 1.05. The van der Waals surface area contributed by atoms with Crippen molar-refractivity contribution in [1.82, 2.24) is 4.90 Å². The van der Waals surface area contributed by atoms with Crippen LogP contribution in [0.3, 0.4) is 0 Å². The molecule has 1 amide bonds. The molecule has 0 bridgehead atoms. The number of hydrogen-bond acceptors (Lipinski definition) is 2. The van der Waals surface area contributed by atoms with Crippen LogP contribution in [-0.2, 0) is 11.3 Å². The molecule has 0 spiro atoms. The summed E-state index contributed by atoms with van der Waals surface area (Å²) >= 11 is 3.39. The third-order valence-electron chi connectivity index (χ3n) is 2.57. The minimum atomic E-state index is 0. The lowest BCUT2D eigenvalue weighted by atomic mass is 10.1. The molecule has 18 heavy (non-hydrogen) atoms. The Morgan fingerprint density at radius 2 is 1.94 bits per heavy atom. The first-order valence-electron chi connectivity index (χ1n) is 5.73. The summed E-state index contributed by atoms with van der Waals surface area (Å²) in [4.78, 5) is 13.5. The minimum Gasteiger partial charge on any atom is -0.341 e. The van der Waals surface area contributed by atoms with Gasteiger partial charge in [-0.3, -0.25) is 4.79 Å². The van der Waals surface area contributed by atoms with Crippen LogP contribution in [0.2, 0.25) is 0 Å². The van der Waals surface area contributed by atoms with Gasteiger partial charge in [0.05, 0.1) is 0 Å². The molecular weight excluding hydrogens is 316 g/mol. The molecule has 0 aromatic heterocycles. The van der Waals surface area contributed by atoms with Crippen LogP contribution in [0.15, 0.2) is 28.7 Å². The van der Waals surface area contributed by atoms with Crippen molar-refractivity contribution in [3.8, 4) is 0 Å². The Balaban J connectivity index is 0.00000289. The van der Waals surface area contributed by atoms with Crippen molar-refractivity contribution in [2.75, 3.05) is 7.05 Å². The first kappa shape index (κ1) is 17.4. The van der Waals surface area contributed by atoms with E-state index in [-0.39, 0.29) is 24.4 Å². The van der Waals surface area contributed by atoms with Crippen molar-refractivity contribution in [1.29, 1.82) is 0 Å². The van der Waals surface area contributed by atoms with E-state index in [4.69, 9.17) is 5.73 Å². The molecule has 1 aromatic carbocycles. The number of nitrogens with zero attached hydrogens (tertiary/aromatic N) is 1. The van der Waals surface area contributed by atoms with Crippen molar-refractivity contribution in [2.45, 2.75) is 32.4 Å². The zero-order valence-electron chi connectivity index (χ0n) is 10.7. The van der Waals surface area contributed by atoms with Gasteiger partial charge in [0.1, 0.15) is 0 Å². The van der Waals surface area contributed by atoms with Crippen LogP contribution in [0.5, 0.6) is 0 Å². The molecule has 1 unspecified atom stereocenters. The number of hydrogen-bond donors (Lipinski definition) is 1. The van der Waals surface area contributed by atoms with Crippen molar-refractivity contribution in [3.63, 3.8) is 0 Å². The Bertz CT molecular complexity index is 368. The molecule has 0 aliphatic heterocycles. The molecular formula is C13H20BrClN2O. The van der Waals surface area contributed by atoms with E-state index in [1.54, 1.807) is 4.90 Å². The molecule has 3 nitrogen and oxygen atoms in total. The number of halogens is 2. The minimum absolute atomic E-state index is 0. The van der Waals surface area contributed by atoms with E-state index in [2.05, 4.69) is 15.9 Å². The zero-order chi connectivity index (χ0) is 12.8. The predicted molar refractivity (Wildman–Crippen MR) is 80.7 cm³/mol. The Labute approximate surface area is 123 Å². The van der Waals surface area contributed by atoms with Gasteiger partial charge in [0.15, 0.2) is 0 Å². The Morgan fingerprint density at radius 1 is 1.39 bits per heavy atom. The number of benzene rings is 1. The van der Waals surface area contributed by atoms with Crippen molar-refractivity contribution >= 4 is 34.2 Å². The molecule has 0 fully saturated rings. The number of carbonyl (C=O) groups excluding carboxylic acids is 1. The molecule has 5 heteroatoms. The maximum atomic E-state index is 11.8. The van der Waals surface area contributed by atoms with Gasteiger partial charge in [-0.15, -0.1) is 12.4 Å². The van der Waals surface area contributed by atoms with Gasteiger partial charge >= 0.3 is 0 Å². The molecule has 1 rings (SSSR count). The third kappa shape index (κ3) is 6.38. The Morgan fingerprint density at radius 3 is 2.44 bits per heavy atom. The summed E-state index contributed by atoms with van der Waals surface area (Å²) in [5.74, 6) is 0.144. The van der Waals surface area contributed by atoms with Gasteiger partial charge in [-0.2, -0.15) is 0 Å². The Hall–Kier alpha value is -0.580. The van der Waals surface area contributed by atoms with E-state index < -0.39 is 0 Å². The summed E-state index contributed by atoms with van der Waals surface area (Å²) in [6.07, 6.45) is 1.26. The molecule has 0 aliphatic rings. The molecule has 1 aromatic rings. The SMILES string of the molecule is CC(N)CCC(=O)N(C)Cc1ccc(Br)cc1.Cl. The maximum absolute atomic E-state index is 11.8. The van der Waals surface area contributed by atoms with Gasteiger partial charge in [0.25, 0.3) is 0 Å².